The predicted molar refractivity (Wildman–Crippen MR) is 184 cm³/mol. The zero-order valence-electron chi connectivity index (χ0n) is 31.3. The number of hydrogen-bond donors (Lipinski definition) is 0. The highest BCUT2D eigenvalue weighted by Gasteiger charge is 2.50. The minimum absolute atomic E-state index is 0.327. The molecule has 0 nitrogen and oxygen atoms in total. The van der Waals surface area contributed by atoms with E-state index < -0.39 is 0 Å². The highest BCUT2D eigenvalue weighted by molar-refractivity contribution is 5.03. The van der Waals surface area contributed by atoms with Crippen molar-refractivity contribution in [1.29, 1.82) is 0 Å². The van der Waals surface area contributed by atoms with Crippen LogP contribution in [0.15, 0.2) is 24.3 Å². The minimum atomic E-state index is 0.327. The van der Waals surface area contributed by atoms with Gasteiger partial charge in [-0.15, -0.1) is 11.8 Å². The van der Waals surface area contributed by atoms with E-state index in [4.69, 9.17) is 0 Å². The molecule has 2 atom stereocenters. The number of rotatable bonds is 0. The number of hydrogen-bond acceptors (Lipinski definition) is 0. The second kappa shape index (κ2) is 16.5. The summed E-state index contributed by atoms with van der Waals surface area (Å²) in [6.45, 7) is 49.2. The van der Waals surface area contributed by atoms with Crippen LogP contribution in [0, 0.1) is 68.0 Å². The van der Waals surface area contributed by atoms with Gasteiger partial charge in [0.1, 0.15) is 0 Å². The van der Waals surface area contributed by atoms with Gasteiger partial charge in [-0.25, -0.2) is 0 Å². The molecule has 232 valence electrons. The zero-order valence-corrected chi connectivity index (χ0v) is 31.3. The van der Waals surface area contributed by atoms with E-state index in [1.54, 1.807) is 0 Å². The molecule has 0 saturated heterocycles. The Morgan fingerprint density at radius 2 is 0.590 bits per heavy atom. The summed E-state index contributed by atoms with van der Waals surface area (Å²) in [5.74, 6) is 9.19. The lowest BCUT2D eigenvalue weighted by Gasteiger charge is -2.24. The fourth-order valence-corrected chi connectivity index (χ4v) is 3.44. The molecule has 1 aliphatic carbocycles. The van der Waals surface area contributed by atoms with Crippen LogP contribution in [-0.2, 0) is 0 Å². The Kier molecular flexibility index (Phi) is 18.0. The van der Waals surface area contributed by atoms with Gasteiger partial charge in [0, 0.05) is 11.8 Å². The summed E-state index contributed by atoms with van der Waals surface area (Å²) in [5, 5.41) is 0. The van der Waals surface area contributed by atoms with Gasteiger partial charge in [0.15, 0.2) is 0 Å². The van der Waals surface area contributed by atoms with Crippen molar-refractivity contribution in [3.63, 3.8) is 0 Å². The largest absolute Gasteiger partial charge is 0.100 e. The lowest BCUT2D eigenvalue weighted by atomic mass is 9.81. The van der Waals surface area contributed by atoms with Crippen LogP contribution in [-0.4, -0.2) is 0 Å². The van der Waals surface area contributed by atoms with E-state index in [2.05, 4.69) is 188 Å². The fraction of sp³-hybridized carbons (Fsp3) is 0.846. The maximum absolute atomic E-state index is 3.09. The Morgan fingerprint density at radius 1 is 0.410 bits per heavy atom. The lowest BCUT2D eigenvalue weighted by molar-refractivity contribution is 0.254. The van der Waals surface area contributed by atoms with Gasteiger partial charge in [-0.2, -0.15) is 0 Å². The molecule has 1 aliphatic rings. The number of allylic oxidation sites excluding steroid dienone is 4. The lowest BCUT2D eigenvalue weighted by Crippen LogP contribution is -2.16. The van der Waals surface area contributed by atoms with Gasteiger partial charge in [0.05, 0.1) is 0 Å². The van der Waals surface area contributed by atoms with Gasteiger partial charge in [-0.3, -0.25) is 0 Å². The van der Waals surface area contributed by atoms with Crippen molar-refractivity contribution in [2.75, 3.05) is 0 Å². The minimum Gasteiger partial charge on any atom is -0.100 e. The first-order chi connectivity index (χ1) is 16.8. The van der Waals surface area contributed by atoms with Gasteiger partial charge in [-0.1, -0.05) is 177 Å². The first kappa shape index (κ1) is 42.5. The molecule has 1 saturated carbocycles. The van der Waals surface area contributed by atoms with Crippen molar-refractivity contribution >= 4 is 0 Å². The molecule has 0 radical (unpaired) electrons. The topological polar surface area (TPSA) is 0 Å². The second-order valence-corrected chi connectivity index (χ2v) is 18.9. The maximum atomic E-state index is 3.09. The Morgan fingerprint density at radius 3 is 0.667 bits per heavy atom. The van der Waals surface area contributed by atoms with Crippen molar-refractivity contribution in [2.45, 2.75) is 159 Å². The molecule has 0 aromatic rings. The molecule has 1 fully saturated rings. The molecule has 1 rings (SSSR count). The molecule has 0 bridgehead atoms. The van der Waals surface area contributed by atoms with Gasteiger partial charge in [-0.05, 0) is 50.7 Å². The summed E-state index contributed by atoms with van der Waals surface area (Å²) in [4.78, 5) is 0. The van der Waals surface area contributed by atoms with Gasteiger partial charge in [0.2, 0.25) is 0 Å². The molecule has 0 aromatic heterocycles. The normalized spacial score (nSPS) is 18.5. The highest BCUT2D eigenvalue weighted by Crippen LogP contribution is 2.58. The molecule has 0 N–H and O–H groups in total. The first-order valence-corrected chi connectivity index (χ1v) is 15.7. The van der Waals surface area contributed by atoms with E-state index in [0.29, 0.717) is 44.3 Å². The zero-order chi connectivity index (χ0) is 32.3. The van der Waals surface area contributed by atoms with Crippen LogP contribution in [0.4, 0.5) is 0 Å². The van der Waals surface area contributed by atoms with Crippen LogP contribution in [0.5, 0.6) is 0 Å². The van der Waals surface area contributed by atoms with Crippen molar-refractivity contribution < 1.29 is 0 Å². The standard InChI is InChI=1S/C11H22.2C10H20.C8H14/c1-10(2,3)8-7-9(8)11(4,5)6;2*1-9(2,3)7-8-10(4,5)6;1-7(2)5-6-8(3)4/h8-9H,7H2,1-6H3;2*7-8H,1-6H3;7-8H,1-4H3/b;8-7+;8-7-;. The third-order valence-electron chi connectivity index (χ3n) is 5.84. The molecule has 0 aromatic carbocycles. The Hall–Kier alpha value is -0.960. The molecule has 0 heterocycles. The Bertz CT molecular complexity index is 649. The van der Waals surface area contributed by atoms with E-state index in [1.165, 1.54) is 6.42 Å². The smallest absolute Gasteiger partial charge is 0.0146 e. The monoisotopic (exact) mass is 545 g/mol. The van der Waals surface area contributed by atoms with Crippen molar-refractivity contribution in [1.82, 2.24) is 0 Å². The highest BCUT2D eigenvalue weighted by atomic mass is 14.5. The molecule has 0 spiro atoms. The SMILES string of the molecule is CC(C)(C)/C=C/C(C)(C)C.CC(C)(C)/C=C\C(C)(C)C.CC(C)(C)C1CC1C(C)(C)C.CC(C)C#CC(C)C. The Balaban J connectivity index is -0.000000446. The fourth-order valence-electron chi connectivity index (χ4n) is 3.44. The third kappa shape index (κ3) is 35.0. The van der Waals surface area contributed by atoms with E-state index in [1.807, 2.05) is 0 Å². The van der Waals surface area contributed by atoms with Crippen molar-refractivity contribution in [3.05, 3.63) is 24.3 Å². The van der Waals surface area contributed by atoms with E-state index >= 15 is 0 Å². The van der Waals surface area contributed by atoms with Crippen LogP contribution in [0.2, 0.25) is 0 Å². The van der Waals surface area contributed by atoms with E-state index in [-0.39, 0.29) is 0 Å². The maximum Gasteiger partial charge on any atom is 0.0146 e. The molecule has 0 heteroatoms. The van der Waals surface area contributed by atoms with Crippen LogP contribution in [0.25, 0.3) is 0 Å². The van der Waals surface area contributed by atoms with Crippen molar-refractivity contribution in [3.8, 4) is 11.8 Å². The predicted octanol–water partition coefficient (Wildman–Crippen LogP) is 13.3. The second-order valence-electron chi connectivity index (χ2n) is 18.9. The third-order valence-corrected chi connectivity index (χ3v) is 5.84. The molecule has 2 unspecified atom stereocenters. The molecule has 0 aliphatic heterocycles. The van der Waals surface area contributed by atoms with Gasteiger partial charge >= 0.3 is 0 Å². The molecular weight excluding hydrogens is 468 g/mol. The van der Waals surface area contributed by atoms with Gasteiger partial charge < -0.3 is 0 Å². The quantitative estimate of drug-likeness (QED) is 0.210. The molecular formula is C39H76. The van der Waals surface area contributed by atoms with Crippen molar-refractivity contribution in [2.24, 2.45) is 56.2 Å². The molecule has 0 amide bonds. The van der Waals surface area contributed by atoms with E-state index in [0.717, 1.165) is 11.8 Å². The van der Waals surface area contributed by atoms with Crippen LogP contribution < -0.4 is 0 Å². The average Bonchev–Trinajstić information content (AvgIpc) is 3.44. The van der Waals surface area contributed by atoms with Crippen LogP contribution >= 0.6 is 0 Å². The summed E-state index contributed by atoms with van der Waals surface area (Å²) in [6, 6.07) is 0. The first-order valence-electron chi connectivity index (χ1n) is 15.7. The Labute approximate surface area is 250 Å². The summed E-state index contributed by atoms with van der Waals surface area (Å²) < 4.78 is 0. The summed E-state index contributed by atoms with van der Waals surface area (Å²) >= 11 is 0. The summed E-state index contributed by atoms with van der Waals surface area (Å²) in [7, 11) is 0. The summed E-state index contributed by atoms with van der Waals surface area (Å²) in [5.41, 5.74) is 2.39. The summed E-state index contributed by atoms with van der Waals surface area (Å²) in [6.07, 6.45) is 10.5. The van der Waals surface area contributed by atoms with E-state index in [9.17, 15) is 0 Å². The molecule has 39 heavy (non-hydrogen) atoms. The van der Waals surface area contributed by atoms with Gasteiger partial charge in [0.25, 0.3) is 0 Å². The average molecular weight is 545 g/mol. The van der Waals surface area contributed by atoms with Crippen LogP contribution in [0.1, 0.15) is 159 Å². The van der Waals surface area contributed by atoms with Crippen LogP contribution in [0.3, 0.4) is 0 Å².